The summed E-state index contributed by atoms with van der Waals surface area (Å²) in [5, 5.41) is 9.73. The third-order valence-corrected chi connectivity index (χ3v) is 4.77. The van der Waals surface area contributed by atoms with Crippen molar-refractivity contribution >= 4 is 17.1 Å². The molecule has 2 aromatic heterocycles. The van der Waals surface area contributed by atoms with Crippen LogP contribution in [0.5, 0.6) is 0 Å². The molecule has 2 aromatic rings. The first-order chi connectivity index (χ1) is 10.1. The number of likely N-dealkylation sites (tertiary alicyclic amines) is 1. The van der Waals surface area contributed by atoms with Crippen LogP contribution < -0.4 is 0 Å². The normalized spacial score (nSPS) is 22.4. The maximum absolute atomic E-state index is 12.8. The largest absolute Gasteiger partial charge is 0.396 e. The molecule has 2 N–H and O–H groups in total. The fraction of sp³-hybridized carbons (Fsp3) is 0.533. The van der Waals surface area contributed by atoms with Gasteiger partial charge in [-0.25, -0.2) is 9.97 Å². The molecule has 21 heavy (non-hydrogen) atoms. The number of aromatic amines is 1. The monoisotopic (exact) mass is 288 g/mol. The molecular weight excluding hydrogens is 268 g/mol. The van der Waals surface area contributed by atoms with Gasteiger partial charge in [0.1, 0.15) is 0 Å². The second-order valence-corrected chi connectivity index (χ2v) is 6.11. The van der Waals surface area contributed by atoms with Gasteiger partial charge in [0.05, 0.1) is 24.0 Å². The van der Waals surface area contributed by atoms with Gasteiger partial charge in [0.15, 0.2) is 5.65 Å². The van der Waals surface area contributed by atoms with E-state index >= 15 is 0 Å². The van der Waals surface area contributed by atoms with Crippen molar-refractivity contribution in [1.29, 1.82) is 0 Å². The molecular formula is C15H20N4O2. The van der Waals surface area contributed by atoms with Crippen LogP contribution in [0.4, 0.5) is 0 Å². The van der Waals surface area contributed by atoms with E-state index in [9.17, 15) is 9.90 Å². The van der Waals surface area contributed by atoms with E-state index in [4.69, 9.17) is 0 Å². The van der Waals surface area contributed by atoms with Crippen LogP contribution in [0.1, 0.15) is 30.6 Å². The average Bonchev–Trinajstić information content (AvgIpc) is 3.13. The van der Waals surface area contributed by atoms with Crippen LogP contribution in [-0.4, -0.2) is 50.6 Å². The lowest BCUT2D eigenvalue weighted by Crippen LogP contribution is -2.37. The van der Waals surface area contributed by atoms with Crippen molar-refractivity contribution in [3.8, 4) is 0 Å². The number of carbonyl (C=O) groups is 1. The molecule has 3 heterocycles. The molecule has 1 aliphatic heterocycles. The predicted molar refractivity (Wildman–Crippen MR) is 78.8 cm³/mol. The van der Waals surface area contributed by atoms with E-state index < -0.39 is 0 Å². The summed E-state index contributed by atoms with van der Waals surface area (Å²) in [6.45, 7) is 5.59. The van der Waals surface area contributed by atoms with Gasteiger partial charge in [0.2, 0.25) is 0 Å². The second-order valence-electron chi connectivity index (χ2n) is 6.11. The molecule has 0 bridgehead atoms. The number of aliphatic hydroxyl groups is 1. The molecule has 1 amide bonds. The zero-order valence-corrected chi connectivity index (χ0v) is 12.3. The van der Waals surface area contributed by atoms with Crippen molar-refractivity contribution in [3.05, 3.63) is 24.2 Å². The molecule has 0 radical (unpaired) electrons. The Balaban J connectivity index is 1.89. The van der Waals surface area contributed by atoms with Gasteiger partial charge in [-0.2, -0.15) is 0 Å². The number of fused-ring (bicyclic) bond motifs is 1. The lowest BCUT2D eigenvalue weighted by atomic mass is 9.77. The summed E-state index contributed by atoms with van der Waals surface area (Å²) in [6.07, 6.45) is 3.99. The SMILES string of the molecule is CC(C)C1(CO)CCN(C(=O)c2ccnc3nc[nH]c23)C1. The third kappa shape index (κ3) is 2.19. The van der Waals surface area contributed by atoms with Crippen LogP contribution in [0.2, 0.25) is 0 Å². The van der Waals surface area contributed by atoms with Crippen molar-refractivity contribution in [2.45, 2.75) is 20.3 Å². The van der Waals surface area contributed by atoms with E-state index in [1.807, 2.05) is 4.90 Å². The molecule has 1 aliphatic rings. The number of hydrogen-bond donors (Lipinski definition) is 2. The summed E-state index contributed by atoms with van der Waals surface area (Å²) in [6, 6.07) is 1.72. The number of aromatic nitrogens is 3. The Morgan fingerprint density at radius 1 is 1.52 bits per heavy atom. The Kier molecular flexibility index (Phi) is 3.41. The van der Waals surface area contributed by atoms with E-state index in [-0.39, 0.29) is 17.9 Å². The van der Waals surface area contributed by atoms with Crippen LogP contribution in [0, 0.1) is 11.3 Å². The molecule has 0 saturated carbocycles. The van der Waals surface area contributed by atoms with E-state index in [1.165, 1.54) is 0 Å². The zero-order valence-electron chi connectivity index (χ0n) is 12.3. The molecule has 6 heteroatoms. The van der Waals surface area contributed by atoms with E-state index in [0.29, 0.717) is 35.7 Å². The van der Waals surface area contributed by atoms with Gasteiger partial charge in [-0.15, -0.1) is 0 Å². The second kappa shape index (κ2) is 5.11. The molecule has 1 atom stereocenters. The summed E-state index contributed by atoms with van der Waals surface area (Å²) in [4.78, 5) is 25.8. The quantitative estimate of drug-likeness (QED) is 0.895. The number of rotatable bonds is 3. The lowest BCUT2D eigenvalue weighted by Gasteiger charge is -2.31. The number of aliphatic hydroxyl groups excluding tert-OH is 1. The Morgan fingerprint density at radius 2 is 2.33 bits per heavy atom. The highest BCUT2D eigenvalue weighted by atomic mass is 16.3. The van der Waals surface area contributed by atoms with Crippen LogP contribution >= 0.6 is 0 Å². The number of hydrogen-bond acceptors (Lipinski definition) is 4. The van der Waals surface area contributed by atoms with E-state index in [0.717, 1.165) is 6.42 Å². The van der Waals surface area contributed by atoms with E-state index in [1.54, 1.807) is 18.6 Å². The van der Waals surface area contributed by atoms with Crippen LogP contribution in [0.3, 0.4) is 0 Å². The highest BCUT2D eigenvalue weighted by molar-refractivity contribution is 6.04. The van der Waals surface area contributed by atoms with Gasteiger partial charge in [-0.3, -0.25) is 4.79 Å². The van der Waals surface area contributed by atoms with Crippen molar-refractivity contribution in [2.24, 2.45) is 11.3 Å². The summed E-state index contributed by atoms with van der Waals surface area (Å²) < 4.78 is 0. The molecule has 0 aromatic carbocycles. The van der Waals surface area contributed by atoms with Crippen molar-refractivity contribution < 1.29 is 9.90 Å². The smallest absolute Gasteiger partial charge is 0.256 e. The number of nitrogens with zero attached hydrogens (tertiary/aromatic N) is 3. The van der Waals surface area contributed by atoms with Gasteiger partial charge >= 0.3 is 0 Å². The summed E-state index contributed by atoms with van der Waals surface area (Å²) in [7, 11) is 0. The number of carbonyl (C=O) groups excluding carboxylic acids is 1. The molecule has 1 saturated heterocycles. The maximum atomic E-state index is 12.8. The summed E-state index contributed by atoms with van der Waals surface area (Å²) in [5.74, 6) is 0.313. The number of amides is 1. The highest BCUT2D eigenvalue weighted by Gasteiger charge is 2.42. The minimum atomic E-state index is -0.185. The molecule has 0 spiro atoms. The minimum Gasteiger partial charge on any atom is -0.396 e. The third-order valence-electron chi connectivity index (χ3n) is 4.77. The number of pyridine rings is 1. The molecule has 1 unspecified atom stereocenters. The summed E-state index contributed by atoms with van der Waals surface area (Å²) >= 11 is 0. The number of nitrogens with one attached hydrogen (secondary N) is 1. The Morgan fingerprint density at radius 3 is 3.00 bits per heavy atom. The first kappa shape index (κ1) is 14.0. The zero-order chi connectivity index (χ0) is 15.0. The van der Waals surface area contributed by atoms with Gasteiger partial charge in [-0.1, -0.05) is 13.8 Å². The van der Waals surface area contributed by atoms with Gasteiger partial charge in [0.25, 0.3) is 5.91 Å². The van der Waals surface area contributed by atoms with Crippen LogP contribution in [0.15, 0.2) is 18.6 Å². The van der Waals surface area contributed by atoms with Gasteiger partial charge in [-0.05, 0) is 18.4 Å². The molecule has 112 valence electrons. The Hall–Kier alpha value is -1.95. The number of H-pyrrole nitrogens is 1. The van der Waals surface area contributed by atoms with Crippen molar-refractivity contribution in [3.63, 3.8) is 0 Å². The molecule has 6 nitrogen and oxygen atoms in total. The van der Waals surface area contributed by atoms with Crippen molar-refractivity contribution in [2.75, 3.05) is 19.7 Å². The van der Waals surface area contributed by atoms with Crippen molar-refractivity contribution in [1.82, 2.24) is 19.9 Å². The standard InChI is InChI=1S/C15H20N4O2/c1-10(2)15(8-20)4-6-19(7-15)14(21)11-3-5-16-13-12(11)17-9-18-13/h3,5,9-10,20H,4,6-8H2,1-2H3,(H,16,17,18). The van der Waals surface area contributed by atoms with Crippen LogP contribution in [-0.2, 0) is 0 Å². The fourth-order valence-electron chi connectivity index (χ4n) is 3.05. The Bertz CT molecular complexity index is 666. The first-order valence-electron chi connectivity index (χ1n) is 7.25. The first-order valence-corrected chi connectivity index (χ1v) is 7.25. The van der Waals surface area contributed by atoms with E-state index in [2.05, 4.69) is 28.8 Å². The highest BCUT2D eigenvalue weighted by Crippen LogP contribution is 2.38. The predicted octanol–water partition coefficient (Wildman–Crippen LogP) is 1.44. The topological polar surface area (TPSA) is 82.1 Å². The van der Waals surface area contributed by atoms with Gasteiger partial charge < -0.3 is 15.0 Å². The minimum absolute atomic E-state index is 0.0253. The van der Waals surface area contributed by atoms with Gasteiger partial charge in [0, 0.05) is 24.7 Å². The van der Waals surface area contributed by atoms with Crippen LogP contribution in [0.25, 0.3) is 11.2 Å². The maximum Gasteiger partial charge on any atom is 0.256 e. The summed E-state index contributed by atoms with van der Waals surface area (Å²) in [5.41, 5.74) is 1.64. The lowest BCUT2D eigenvalue weighted by molar-refractivity contribution is 0.0652. The fourth-order valence-corrected chi connectivity index (χ4v) is 3.05. The molecule has 0 aliphatic carbocycles. The molecule has 3 rings (SSSR count). The molecule has 1 fully saturated rings. The number of imidazole rings is 1. The Labute approximate surface area is 123 Å². The average molecular weight is 288 g/mol.